The third kappa shape index (κ3) is 43.9. The largest absolute Gasteiger partial charge is 0.481 e. The summed E-state index contributed by atoms with van der Waals surface area (Å²) in [6.45, 7) is 0. The second kappa shape index (κ2) is 41.8. The molecule has 0 radical (unpaired) electrons. The number of carbonyl (C=O) groups is 6. The van der Waals surface area contributed by atoms with Gasteiger partial charge in [0.2, 0.25) is 0 Å². The van der Waals surface area contributed by atoms with Gasteiger partial charge in [0.25, 0.3) is 0 Å². The topological polar surface area (TPSA) is 161 Å². The first-order chi connectivity index (χ1) is 27.2. The second-order valence-electron chi connectivity index (χ2n) is 16.0. The number of ether oxygens (including phenoxy) is 2. The molecule has 10 nitrogen and oxygen atoms in total. The first kappa shape index (κ1) is 53.2. The van der Waals surface area contributed by atoms with Crippen molar-refractivity contribution in [1.82, 2.24) is 0 Å². The number of carboxylic acids is 2. The third-order valence-electron chi connectivity index (χ3n) is 10.5. The average molecular weight is 795 g/mol. The maximum Gasteiger partial charge on any atom is 0.313 e. The van der Waals surface area contributed by atoms with Gasteiger partial charge in [-0.05, 0) is 38.5 Å². The standard InChI is InChI=1S/C46H82O10/c47-41(48)35-29-23-17-11-5-1-3-7-13-19-25-31-37-43(51)55-45(53)39-33-27-21-15-9-10-16-22-28-34-40-46(54)56-44(52)38-32-26-20-14-8-4-2-6-12-18-24-30-36-42(49)50/h1-40H2,(H,47,48)(H,49,50). The number of carboxylic acid groups (broad SMARTS) is 2. The predicted molar refractivity (Wildman–Crippen MR) is 222 cm³/mol. The van der Waals surface area contributed by atoms with Gasteiger partial charge < -0.3 is 19.7 Å². The van der Waals surface area contributed by atoms with Crippen LogP contribution in [-0.4, -0.2) is 46.0 Å². The fraction of sp³-hybridized carbons (Fsp3) is 0.870. The van der Waals surface area contributed by atoms with Gasteiger partial charge in [0, 0.05) is 38.5 Å². The maximum absolute atomic E-state index is 12.0. The first-order valence-electron chi connectivity index (χ1n) is 23.1. The van der Waals surface area contributed by atoms with Gasteiger partial charge in [-0.3, -0.25) is 28.8 Å². The summed E-state index contributed by atoms with van der Waals surface area (Å²) in [5.74, 6) is -3.03. The minimum absolute atomic E-state index is 0.282. The fourth-order valence-electron chi connectivity index (χ4n) is 7.04. The normalized spacial score (nSPS) is 11.1. The lowest BCUT2D eigenvalue weighted by Gasteiger charge is -2.05. The van der Waals surface area contributed by atoms with Gasteiger partial charge in [-0.2, -0.15) is 0 Å². The number of aliphatic carboxylic acids is 2. The SMILES string of the molecule is O=C(O)CCCCCCCCCCCCCCC(=O)OC(=O)CCCCCCCCCCCCC(=O)OC(=O)CCCCCCCCCCCCCCC(=O)O. The summed E-state index contributed by atoms with van der Waals surface area (Å²) >= 11 is 0. The Balaban J connectivity index is 3.40. The lowest BCUT2D eigenvalue weighted by molar-refractivity contribution is -0.161. The van der Waals surface area contributed by atoms with Crippen LogP contribution < -0.4 is 0 Å². The van der Waals surface area contributed by atoms with Gasteiger partial charge >= 0.3 is 35.8 Å². The Labute approximate surface area is 340 Å². The van der Waals surface area contributed by atoms with Crippen LogP contribution in [0.15, 0.2) is 0 Å². The van der Waals surface area contributed by atoms with Crippen LogP contribution in [0.4, 0.5) is 0 Å². The van der Waals surface area contributed by atoms with E-state index in [0.29, 0.717) is 25.7 Å². The van der Waals surface area contributed by atoms with Crippen molar-refractivity contribution in [2.45, 2.75) is 257 Å². The summed E-state index contributed by atoms with van der Waals surface area (Å²) in [7, 11) is 0. The van der Waals surface area contributed by atoms with E-state index in [0.717, 1.165) is 141 Å². The zero-order valence-corrected chi connectivity index (χ0v) is 35.4. The Morgan fingerprint density at radius 3 is 0.482 bits per heavy atom. The zero-order chi connectivity index (χ0) is 41.2. The summed E-state index contributed by atoms with van der Waals surface area (Å²) < 4.78 is 9.97. The molecule has 0 saturated carbocycles. The Morgan fingerprint density at radius 2 is 0.339 bits per heavy atom. The molecule has 0 amide bonds. The predicted octanol–water partition coefficient (Wildman–Crippen LogP) is 12.9. The molecule has 0 bridgehead atoms. The monoisotopic (exact) mass is 795 g/mol. The zero-order valence-electron chi connectivity index (χ0n) is 35.4. The van der Waals surface area contributed by atoms with E-state index < -0.39 is 35.8 Å². The van der Waals surface area contributed by atoms with E-state index in [-0.39, 0.29) is 12.8 Å². The highest BCUT2D eigenvalue weighted by atomic mass is 16.6. The minimum Gasteiger partial charge on any atom is -0.481 e. The molecule has 0 fully saturated rings. The van der Waals surface area contributed by atoms with Crippen LogP contribution in [0.5, 0.6) is 0 Å². The van der Waals surface area contributed by atoms with Crippen molar-refractivity contribution < 1.29 is 48.5 Å². The van der Waals surface area contributed by atoms with Crippen molar-refractivity contribution in [3.8, 4) is 0 Å². The van der Waals surface area contributed by atoms with Crippen molar-refractivity contribution in [3.05, 3.63) is 0 Å². The number of unbranched alkanes of at least 4 members (excludes halogenated alkanes) is 31. The van der Waals surface area contributed by atoms with Gasteiger partial charge in [0.1, 0.15) is 0 Å². The molecule has 56 heavy (non-hydrogen) atoms. The molecular formula is C46H82O10. The van der Waals surface area contributed by atoms with Gasteiger partial charge in [-0.25, -0.2) is 0 Å². The molecule has 10 heteroatoms. The molecule has 0 aromatic rings. The highest BCUT2D eigenvalue weighted by molar-refractivity contribution is 5.85. The fourth-order valence-corrected chi connectivity index (χ4v) is 7.04. The molecule has 0 rings (SSSR count). The molecule has 0 aromatic carbocycles. The lowest BCUT2D eigenvalue weighted by Crippen LogP contribution is -2.11. The van der Waals surface area contributed by atoms with E-state index in [4.69, 9.17) is 19.7 Å². The quantitative estimate of drug-likeness (QED) is 0.0345. The number of carbonyl (C=O) groups excluding carboxylic acids is 4. The smallest absolute Gasteiger partial charge is 0.313 e. The van der Waals surface area contributed by atoms with Crippen LogP contribution in [-0.2, 0) is 38.2 Å². The Morgan fingerprint density at radius 1 is 0.214 bits per heavy atom. The number of hydrogen-bond acceptors (Lipinski definition) is 8. The molecule has 2 N–H and O–H groups in total. The molecule has 0 aliphatic rings. The van der Waals surface area contributed by atoms with Crippen molar-refractivity contribution >= 4 is 35.8 Å². The van der Waals surface area contributed by atoms with E-state index in [1.807, 2.05) is 0 Å². The maximum atomic E-state index is 12.0. The molecule has 0 aliphatic heterocycles. The molecular weight excluding hydrogens is 712 g/mol. The van der Waals surface area contributed by atoms with Crippen LogP contribution in [0.1, 0.15) is 257 Å². The van der Waals surface area contributed by atoms with Gasteiger partial charge in [-0.1, -0.05) is 180 Å². The molecule has 326 valence electrons. The molecule has 0 heterocycles. The van der Waals surface area contributed by atoms with Crippen LogP contribution >= 0.6 is 0 Å². The summed E-state index contributed by atoms with van der Waals surface area (Å²) in [5.41, 5.74) is 0. The molecule has 0 unspecified atom stereocenters. The number of rotatable bonds is 43. The van der Waals surface area contributed by atoms with Crippen LogP contribution in [0.25, 0.3) is 0 Å². The first-order valence-corrected chi connectivity index (χ1v) is 23.1. The Bertz CT molecular complexity index is 916. The van der Waals surface area contributed by atoms with Gasteiger partial charge in [-0.15, -0.1) is 0 Å². The van der Waals surface area contributed by atoms with E-state index in [1.54, 1.807) is 0 Å². The minimum atomic E-state index is -0.703. The molecule has 0 aromatic heterocycles. The third-order valence-corrected chi connectivity index (χ3v) is 10.5. The molecule has 0 atom stereocenters. The van der Waals surface area contributed by atoms with Gasteiger partial charge in [0.15, 0.2) is 0 Å². The lowest BCUT2D eigenvalue weighted by atomic mass is 10.0. The van der Waals surface area contributed by atoms with Crippen molar-refractivity contribution in [2.75, 3.05) is 0 Å². The summed E-state index contributed by atoms with van der Waals surface area (Å²) in [4.78, 5) is 68.9. The van der Waals surface area contributed by atoms with E-state index in [2.05, 4.69) is 0 Å². The van der Waals surface area contributed by atoms with Crippen LogP contribution in [0, 0.1) is 0 Å². The highest BCUT2D eigenvalue weighted by Crippen LogP contribution is 2.16. The van der Waals surface area contributed by atoms with E-state index >= 15 is 0 Å². The van der Waals surface area contributed by atoms with Gasteiger partial charge in [0.05, 0.1) is 0 Å². The Hall–Kier alpha value is -2.78. The summed E-state index contributed by atoms with van der Waals surface area (Å²) in [6, 6.07) is 0. The molecule has 0 aliphatic carbocycles. The van der Waals surface area contributed by atoms with E-state index in [1.165, 1.54) is 77.0 Å². The van der Waals surface area contributed by atoms with E-state index in [9.17, 15) is 28.8 Å². The second-order valence-corrected chi connectivity index (χ2v) is 16.0. The van der Waals surface area contributed by atoms with Crippen molar-refractivity contribution in [1.29, 1.82) is 0 Å². The van der Waals surface area contributed by atoms with Crippen LogP contribution in [0.3, 0.4) is 0 Å². The van der Waals surface area contributed by atoms with Crippen molar-refractivity contribution in [2.24, 2.45) is 0 Å². The van der Waals surface area contributed by atoms with Crippen LogP contribution in [0.2, 0.25) is 0 Å². The molecule has 0 saturated heterocycles. The number of hydrogen-bond donors (Lipinski definition) is 2. The summed E-state index contributed by atoms with van der Waals surface area (Å²) in [5, 5.41) is 17.3. The summed E-state index contributed by atoms with van der Waals surface area (Å²) in [6.07, 6.45) is 37.9. The number of esters is 4. The van der Waals surface area contributed by atoms with Crippen molar-refractivity contribution in [3.63, 3.8) is 0 Å². The average Bonchev–Trinajstić information content (AvgIpc) is 3.15. The molecule has 0 spiro atoms. The highest BCUT2D eigenvalue weighted by Gasteiger charge is 2.11. The Kier molecular flexibility index (Phi) is 39.8.